The summed E-state index contributed by atoms with van der Waals surface area (Å²) < 4.78 is 4.57. The molecule has 0 aliphatic rings. The monoisotopic (exact) mass is 984 g/mol. The number of nitrogens with one attached hydrogen (secondary N) is 2. The summed E-state index contributed by atoms with van der Waals surface area (Å²) in [5.74, 6) is 1.77. The summed E-state index contributed by atoms with van der Waals surface area (Å²) in [7, 11) is 0. The Morgan fingerprint density at radius 2 is 1.07 bits per heavy atom. The fourth-order valence-electron chi connectivity index (χ4n) is 10.1. The Labute approximate surface area is 443 Å². The molecule has 0 amide bonds. The number of fused-ring (bicyclic) bond motifs is 5. The number of nitrogens with zero attached hydrogens (tertiary/aromatic N) is 5. The lowest BCUT2D eigenvalue weighted by Crippen LogP contribution is -2.02. The Morgan fingerprint density at radius 3 is 1.76 bits per heavy atom. The highest BCUT2D eigenvalue weighted by atomic mass is 15.0. The molecule has 368 valence electrons. The number of benzene rings is 10. The smallest absolute Gasteiger partial charge is 0.164 e. The summed E-state index contributed by atoms with van der Waals surface area (Å²) in [4.78, 5) is 15.2. The van der Waals surface area contributed by atoms with Gasteiger partial charge in [0.2, 0.25) is 0 Å². The third kappa shape index (κ3) is 9.41. The van der Waals surface area contributed by atoms with Crippen LogP contribution < -0.4 is 11.1 Å². The SMILES string of the molecule is CC.CCN.N=Cc1c(Nc2cccc(-c3ccccc3)c2)ccc2c3cc(-c4cccc5c4ccn5-c4ccc5ccccc5c4)ccc3n(-c3cccc(-c4nc(-c5ccccc5)nc(-c5ccccc5)n4)c3)c12. The van der Waals surface area contributed by atoms with Crippen molar-refractivity contribution in [1.29, 1.82) is 5.41 Å². The molecule has 0 fully saturated rings. The number of hydrogen-bond acceptors (Lipinski definition) is 6. The minimum Gasteiger partial charge on any atom is -0.355 e. The van der Waals surface area contributed by atoms with Crippen LogP contribution >= 0.6 is 0 Å². The lowest BCUT2D eigenvalue weighted by molar-refractivity contribution is 1.07. The third-order valence-electron chi connectivity index (χ3n) is 13.5. The predicted octanol–water partition coefficient (Wildman–Crippen LogP) is 17.1. The zero-order chi connectivity index (χ0) is 52.0. The molecule has 3 aromatic heterocycles. The Morgan fingerprint density at radius 1 is 0.461 bits per heavy atom. The first kappa shape index (κ1) is 48.5. The van der Waals surface area contributed by atoms with Gasteiger partial charge in [0, 0.05) is 73.6 Å². The first-order valence-electron chi connectivity index (χ1n) is 25.9. The maximum atomic E-state index is 9.11. The summed E-state index contributed by atoms with van der Waals surface area (Å²) in [6.45, 7) is 6.65. The van der Waals surface area contributed by atoms with Gasteiger partial charge in [-0.2, -0.15) is 0 Å². The van der Waals surface area contributed by atoms with Gasteiger partial charge < -0.3 is 25.6 Å². The van der Waals surface area contributed by atoms with Crippen molar-refractivity contribution in [3.63, 3.8) is 0 Å². The van der Waals surface area contributed by atoms with Crippen molar-refractivity contribution in [2.45, 2.75) is 20.8 Å². The van der Waals surface area contributed by atoms with Crippen LogP contribution in [0.25, 0.3) is 111 Å². The Hall–Kier alpha value is -9.76. The van der Waals surface area contributed by atoms with Crippen LogP contribution in [-0.4, -0.2) is 36.8 Å². The minimum atomic E-state index is 0.569. The lowest BCUT2D eigenvalue weighted by atomic mass is 9.99. The number of rotatable bonds is 10. The van der Waals surface area contributed by atoms with Crippen molar-refractivity contribution in [3.8, 4) is 67.8 Å². The van der Waals surface area contributed by atoms with Crippen molar-refractivity contribution in [1.82, 2.24) is 24.1 Å². The van der Waals surface area contributed by atoms with Crippen LogP contribution in [0.4, 0.5) is 11.4 Å². The van der Waals surface area contributed by atoms with Crippen LogP contribution in [0, 0.1) is 5.41 Å². The molecular weight excluding hydrogens is 929 g/mol. The molecule has 0 saturated carbocycles. The van der Waals surface area contributed by atoms with E-state index in [1.165, 1.54) is 22.4 Å². The van der Waals surface area contributed by atoms with Crippen molar-refractivity contribution in [3.05, 3.63) is 248 Å². The zero-order valence-electron chi connectivity index (χ0n) is 42.7. The van der Waals surface area contributed by atoms with Gasteiger partial charge in [-0.05, 0) is 106 Å². The van der Waals surface area contributed by atoms with Gasteiger partial charge >= 0.3 is 0 Å². The molecule has 10 aromatic carbocycles. The number of anilines is 2. The van der Waals surface area contributed by atoms with E-state index in [4.69, 9.17) is 26.1 Å². The molecule has 0 unspecified atom stereocenters. The van der Waals surface area contributed by atoms with Gasteiger partial charge in [0.15, 0.2) is 17.5 Å². The first-order valence-corrected chi connectivity index (χ1v) is 25.9. The van der Waals surface area contributed by atoms with Crippen molar-refractivity contribution in [2.75, 3.05) is 11.9 Å². The predicted molar refractivity (Wildman–Crippen MR) is 319 cm³/mol. The summed E-state index contributed by atoms with van der Waals surface area (Å²) in [6, 6.07) is 82.3. The van der Waals surface area contributed by atoms with E-state index >= 15 is 0 Å². The molecule has 0 aliphatic heterocycles. The average Bonchev–Trinajstić information content (AvgIpc) is 4.20. The van der Waals surface area contributed by atoms with Crippen molar-refractivity contribution < 1.29 is 0 Å². The van der Waals surface area contributed by atoms with Crippen LogP contribution in [0.5, 0.6) is 0 Å². The minimum absolute atomic E-state index is 0.569. The molecular formula is C68H56N8. The van der Waals surface area contributed by atoms with Gasteiger partial charge in [-0.15, -0.1) is 0 Å². The molecule has 0 saturated heterocycles. The van der Waals surface area contributed by atoms with Crippen molar-refractivity contribution in [2.24, 2.45) is 5.73 Å². The molecule has 8 nitrogen and oxygen atoms in total. The summed E-state index contributed by atoms with van der Waals surface area (Å²) in [6.07, 6.45) is 3.65. The second-order valence-corrected chi connectivity index (χ2v) is 18.2. The highest BCUT2D eigenvalue weighted by molar-refractivity contribution is 6.17. The normalized spacial score (nSPS) is 11.0. The molecule has 0 aliphatic carbocycles. The number of aromatic nitrogens is 5. The largest absolute Gasteiger partial charge is 0.355 e. The molecule has 4 N–H and O–H groups in total. The standard InChI is InChI=1S/C64H43N7.C2H7N.C2H6/c65-41-57-58(66-50-25-12-23-46(37-50)42-15-4-1-5-16-42)33-32-55-56-40-48(53-27-14-28-59-54(53)35-36-70(59)51-31-29-43-17-10-11-22-47(43)38-51)30-34-60(56)71(61(55)57)52-26-13-24-49(39-52)64-68-62(44-18-6-2-7-19-44)67-63(69-64)45-20-8-3-9-21-45;1-2-3;1-2/h1-41,65-66H;2-3H2,1H3;1-2H3. The highest BCUT2D eigenvalue weighted by Crippen LogP contribution is 2.41. The highest BCUT2D eigenvalue weighted by Gasteiger charge is 2.21. The number of hydrogen-bond donors (Lipinski definition) is 3. The van der Waals surface area contributed by atoms with Crippen LogP contribution in [-0.2, 0) is 0 Å². The van der Waals surface area contributed by atoms with Crippen LogP contribution in [0.2, 0.25) is 0 Å². The molecule has 13 aromatic rings. The molecule has 13 rings (SSSR count). The van der Waals surface area contributed by atoms with E-state index in [0.717, 1.165) is 101 Å². The van der Waals surface area contributed by atoms with Crippen molar-refractivity contribution >= 4 is 61.1 Å². The van der Waals surface area contributed by atoms with Gasteiger partial charge in [-0.3, -0.25) is 0 Å². The molecule has 8 heteroatoms. The fourth-order valence-corrected chi connectivity index (χ4v) is 10.1. The maximum absolute atomic E-state index is 9.11. The second kappa shape index (κ2) is 21.8. The molecule has 0 spiro atoms. The summed E-state index contributed by atoms with van der Waals surface area (Å²) in [5, 5.41) is 18.5. The maximum Gasteiger partial charge on any atom is 0.164 e. The van der Waals surface area contributed by atoms with E-state index in [9.17, 15) is 0 Å². The van der Waals surface area contributed by atoms with Gasteiger partial charge in [-0.25, -0.2) is 15.0 Å². The van der Waals surface area contributed by atoms with E-state index in [0.29, 0.717) is 17.5 Å². The molecule has 3 heterocycles. The van der Waals surface area contributed by atoms with Crippen LogP contribution in [0.15, 0.2) is 243 Å². The van der Waals surface area contributed by atoms with Gasteiger partial charge in [0.1, 0.15) is 0 Å². The van der Waals surface area contributed by atoms with E-state index in [1.807, 2.05) is 87.5 Å². The van der Waals surface area contributed by atoms with Gasteiger partial charge in [-0.1, -0.05) is 191 Å². The summed E-state index contributed by atoms with van der Waals surface area (Å²) >= 11 is 0. The van der Waals surface area contributed by atoms with E-state index in [1.54, 1.807) is 0 Å². The molecule has 0 radical (unpaired) electrons. The second-order valence-electron chi connectivity index (χ2n) is 18.2. The first-order chi connectivity index (χ1) is 37.5. The van der Waals surface area contributed by atoms with Crippen LogP contribution in [0.1, 0.15) is 26.3 Å². The van der Waals surface area contributed by atoms with E-state index in [2.05, 4.69) is 191 Å². The average molecular weight is 985 g/mol. The van der Waals surface area contributed by atoms with Crippen LogP contribution in [0.3, 0.4) is 0 Å². The Balaban J connectivity index is 0.00000119. The van der Waals surface area contributed by atoms with Gasteiger partial charge in [0.05, 0.1) is 16.6 Å². The Kier molecular flexibility index (Phi) is 13.9. The molecule has 76 heavy (non-hydrogen) atoms. The van der Waals surface area contributed by atoms with E-state index in [-0.39, 0.29) is 0 Å². The summed E-state index contributed by atoms with van der Waals surface area (Å²) in [5.41, 5.74) is 19.7. The van der Waals surface area contributed by atoms with Gasteiger partial charge in [0.25, 0.3) is 0 Å². The zero-order valence-corrected chi connectivity index (χ0v) is 42.7. The third-order valence-corrected chi connectivity index (χ3v) is 13.5. The molecule has 0 bridgehead atoms. The lowest BCUT2D eigenvalue weighted by Gasteiger charge is -2.15. The molecule has 0 atom stereocenters. The number of nitrogens with two attached hydrogens (primary N) is 1. The quantitative estimate of drug-likeness (QED) is 0.118. The van der Waals surface area contributed by atoms with E-state index < -0.39 is 0 Å². The fraction of sp³-hybridized carbons (Fsp3) is 0.0588. The topological polar surface area (TPSA) is 110 Å². The Bertz CT molecular complexity index is 4120.